The van der Waals surface area contributed by atoms with Gasteiger partial charge >= 0.3 is 0 Å². The van der Waals surface area contributed by atoms with Crippen LogP contribution < -0.4 is 10.6 Å². The van der Waals surface area contributed by atoms with Gasteiger partial charge in [-0.1, -0.05) is 12.1 Å². The van der Waals surface area contributed by atoms with Crippen molar-refractivity contribution in [2.45, 2.75) is 6.92 Å². The van der Waals surface area contributed by atoms with E-state index < -0.39 is 0 Å². The number of amides is 2. The van der Waals surface area contributed by atoms with Crippen molar-refractivity contribution in [3.05, 3.63) is 59.0 Å². The van der Waals surface area contributed by atoms with Crippen molar-refractivity contribution in [1.82, 2.24) is 5.32 Å². The summed E-state index contributed by atoms with van der Waals surface area (Å²) < 4.78 is 0. The summed E-state index contributed by atoms with van der Waals surface area (Å²) in [5.74, 6) is -0.229. The van der Waals surface area contributed by atoms with Gasteiger partial charge in [0.25, 0.3) is 5.91 Å². The molecule has 3 rings (SSSR count). The molecule has 0 spiro atoms. The lowest BCUT2D eigenvalue weighted by molar-refractivity contribution is -0.115. The van der Waals surface area contributed by atoms with Gasteiger partial charge in [0.2, 0.25) is 5.91 Å². The number of hydrogen-bond donors (Lipinski definition) is 3. The number of phenolic OH excluding ortho intramolecular Hbond substituents is 1. The number of nitrogens with one attached hydrogen (secondary N) is 2. The molecule has 0 radical (unpaired) electrons. The maximum Gasteiger partial charge on any atom is 0.264 e. The minimum atomic E-state index is -0.234. The van der Waals surface area contributed by atoms with Gasteiger partial charge in [0.1, 0.15) is 5.75 Å². The summed E-state index contributed by atoms with van der Waals surface area (Å²) in [6.07, 6.45) is 1.70. The molecule has 0 atom stereocenters. The molecule has 0 saturated carbocycles. The van der Waals surface area contributed by atoms with Gasteiger partial charge in [-0.3, -0.25) is 9.59 Å². The molecule has 2 amide bonds. The Hall–Kier alpha value is -3.06. The molecule has 6 nitrogen and oxygen atoms in total. The van der Waals surface area contributed by atoms with Gasteiger partial charge in [-0.25, -0.2) is 4.99 Å². The van der Waals surface area contributed by atoms with Gasteiger partial charge in [-0.2, -0.15) is 0 Å². The molecule has 1 saturated heterocycles. The number of phenols is 1. The van der Waals surface area contributed by atoms with E-state index in [0.29, 0.717) is 21.4 Å². The first-order chi connectivity index (χ1) is 12.0. The van der Waals surface area contributed by atoms with Crippen molar-refractivity contribution in [1.29, 1.82) is 0 Å². The van der Waals surface area contributed by atoms with Crippen LogP contribution in [0.25, 0.3) is 6.08 Å². The van der Waals surface area contributed by atoms with Crippen LogP contribution in [0.2, 0.25) is 0 Å². The van der Waals surface area contributed by atoms with Crippen molar-refractivity contribution in [3.63, 3.8) is 0 Å². The van der Waals surface area contributed by atoms with Crippen LogP contribution in [-0.2, 0) is 9.59 Å². The highest BCUT2D eigenvalue weighted by Crippen LogP contribution is 2.29. The van der Waals surface area contributed by atoms with E-state index in [2.05, 4.69) is 15.6 Å². The highest BCUT2D eigenvalue weighted by Gasteiger charge is 2.23. The van der Waals surface area contributed by atoms with Crippen molar-refractivity contribution < 1.29 is 14.7 Å². The first kappa shape index (κ1) is 16.8. The second kappa shape index (κ2) is 7.23. The molecule has 3 N–H and O–H groups in total. The van der Waals surface area contributed by atoms with Crippen LogP contribution in [-0.4, -0.2) is 22.1 Å². The molecule has 2 aromatic carbocycles. The fourth-order valence-electron chi connectivity index (χ4n) is 2.19. The average Bonchev–Trinajstić information content (AvgIpc) is 2.88. The van der Waals surface area contributed by atoms with E-state index in [9.17, 15) is 14.7 Å². The maximum absolute atomic E-state index is 12.0. The van der Waals surface area contributed by atoms with E-state index in [4.69, 9.17) is 0 Å². The van der Waals surface area contributed by atoms with Crippen LogP contribution in [0, 0.1) is 0 Å². The van der Waals surface area contributed by atoms with Crippen molar-refractivity contribution >= 4 is 46.2 Å². The maximum atomic E-state index is 12.0. The number of carbonyl (C=O) groups is 2. The van der Waals surface area contributed by atoms with Gasteiger partial charge < -0.3 is 15.7 Å². The molecule has 0 bridgehead atoms. The molecule has 7 heteroatoms. The van der Waals surface area contributed by atoms with Gasteiger partial charge in [0.05, 0.1) is 10.6 Å². The monoisotopic (exact) mass is 353 g/mol. The van der Waals surface area contributed by atoms with Crippen LogP contribution in [0.4, 0.5) is 11.4 Å². The van der Waals surface area contributed by atoms with Crippen LogP contribution in [0.3, 0.4) is 0 Å². The first-order valence-corrected chi connectivity index (χ1v) is 8.27. The number of amidine groups is 1. The Morgan fingerprint density at radius 2 is 2.00 bits per heavy atom. The normalized spacial score (nSPS) is 16.9. The van der Waals surface area contributed by atoms with E-state index in [1.165, 1.54) is 18.7 Å². The second-order valence-corrected chi connectivity index (χ2v) is 6.34. The van der Waals surface area contributed by atoms with Crippen LogP contribution in [0.5, 0.6) is 5.75 Å². The molecule has 0 aromatic heterocycles. The zero-order valence-corrected chi connectivity index (χ0v) is 14.1. The molecule has 1 aliphatic rings. The Morgan fingerprint density at radius 1 is 1.24 bits per heavy atom. The highest BCUT2D eigenvalue weighted by atomic mass is 32.2. The Kier molecular flexibility index (Phi) is 4.85. The Balaban J connectivity index is 1.75. The molecular formula is C18H15N3O3S. The van der Waals surface area contributed by atoms with Crippen LogP contribution >= 0.6 is 11.8 Å². The quantitative estimate of drug-likeness (QED) is 0.739. The number of benzene rings is 2. The molecule has 0 unspecified atom stereocenters. The third kappa shape index (κ3) is 4.48. The number of hydrogen-bond acceptors (Lipinski definition) is 5. The van der Waals surface area contributed by atoms with E-state index in [1.807, 2.05) is 0 Å². The smallest absolute Gasteiger partial charge is 0.264 e. The first-order valence-electron chi connectivity index (χ1n) is 7.46. The second-order valence-electron chi connectivity index (χ2n) is 5.30. The molecule has 126 valence electrons. The lowest BCUT2D eigenvalue weighted by Gasteiger charge is -2.02. The predicted octanol–water partition coefficient (Wildman–Crippen LogP) is 3.24. The molecule has 1 aliphatic heterocycles. The Labute approximate surface area is 148 Å². The summed E-state index contributed by atoms with van der Waals surface area (Å²) in [7, 11) is 0. The number of nitrogens with zero attached hydrogens (tertiary/aromatic N) is 1. The average molecular weight is 353 g/mol. The van der Waals surface area contributed by atoms with E-state index >= 15 is 0 Å². The summed E-state index contributed by atoms with van der Waals surface area (Å²) in [6.45, 7) is 1.44. The topological polar surface area (TPSA) is 90.8 Å². The summed E-state index contributed by atoms with van der Waals surface area (Å²) in [6, 6.07) is 13.7. The minimum Gasteiger partial charge on any atom is -0.508 e. The fourth-order valence-corrected chi connectivity index (χ4v) is 3.03. The third-order valence-corrected chi connectivity index (χ3v) is 4.15. The van der Waals surface area contributed by atoms with Crippen LogP contribution in [0.1, 0.15) is 12.5 Å². The van der Waals surface area contributed by atoms with Crippen LogP contribution in [0.15, 0.2) is 58.4 Å². The molecular weight excluding hydrogens is 338 g/mol. The van der Waals surface area contributed by atoms with E-state index in [1.54, 1.807) is 54.6 Å². The number of aliphatic imine (C=N–C) groups is 1. The zero-order chi connectivity index (χ0) is 17.8. The number of thioether (sulfide) groups is 1. The summed E-state index contributed by atoms with van der Waals surface area (Å²) >= 11 is 1.23. The summed E-state index contributed by atoms with van der Waals surface area (Å²) in [5, 5.41) is 15.4. The van der Waals surface area contributed by atoms with Gasteiger partial charge in [0.15, 0.2) is 5.17 Å². The lowest BCUT2D eigenvalue weighted by atomic mass is 10.2. The largest absolute Gasteiger partial charge is 0.508 e. The predicted molar refractivity (Wildman–Crippen MR) is 99.7 cm³/mol. The number of anilines is 1. The molecule has 1 fully saturated rings. The molecule has 0 aliphatic carbocycles. The zero-order valence-electron chi connectivity index (χ0n) is 13.3. The fraction of sp³-hybridized carbons (Fsp3) is 0.0556. The van der Waals surface area contributed by atoms with Gasteiger partial charge in [0, 0.05) is 12.6 Å². The number of carbonyl (C=O) groups excluding carboxylic acids is 2. The molecule has 25 heavy (non-hydrogen) atoms. The highest BCUT2D eigenvalue weighted by molar-refractivity contribution is 8.18. The minimum absolute atomic E-state index is 0.139. The summed E-state index contributed by atoms with van der Waals surface area (Å²) in [4.78, 5) is 27.9. The standard InChI is InChI=1S/C18H15N3O3S/c1-11(22)19-13-5-7-14(8-6-13)20-18-21-17(24)16(25-18)10-12-3-2-4-15(23)9-12/h2-10,23H,1H3,(H,19,22)(H,20,21,24)/b16-10-. The van der Waals surface area contributed by atoms with E-state index in [0.717, 1.165) is 5.56 Å². The number of rotatable bonds is 3. The Bertz CT molecular complexity index is 889. The third-order valence-electron chi connectivity index (χ3n) is 3.24. The summed E-state index contributed by atoms with van der Waals surface area (Å²) in [5.41, 5.74) is 2.08. The lowest BCUT2D eigenvalue weighted by Crippen LogP contribution is -2.19. The van der Waals surface area contributed by atoms with Crippen molar-refractivity contribution in [3.8, 4) is 5.75 Å². The molecule has 2 aromatic rings. The Morgan fingerprint density at radius 3 is 2.68 bits per heavy atom. The van der Waals surface area contributed by atoms with E-state index in [-0.39, 0.29) is 17.6 Å². The van der Waals surface area contributed by atoms with Crippen molar-refractivity contribution in [2.75, 3.05) is 5.32 Å². The number of aromatic hydroxyl groups is 1. The van der Waals surface area contributed by atoms with Gasteiger partial charge in [-0.15, -0.1) is 0 Å². The van der Waals surface area contributed by atoms with Gasteiger partial charge in [-0.05, 0) is 59.8 Å². The molecule has 1 heterocycles. The van der Waals surface area contributed by atoms with Crippen molar-refractivity contribution in [2.24, 2.45) is 4.99 Å². The SMILES string of the molecule is CC(=O)Nc1ccc(N=C2NC(=O)/C(=C/c3cccc(O)c3)S2)cc1.